The second kappa shape index (κ2) is 4.27. The number of nitrogens with zero attached hydrogens (tertiary/aromatic N) is 1. The standard InChI is InChI=1S/C11H22N2O2S/c1-2-3-8-16(14,15)13-7-5-10-4-6-11(10,13)9-12/h10H,2-9,12H2,1H3. The summed E-state index contributed by atoms with van der Waals surface area (Å²) < 4.78 is 26.2. The van der Waals surface area contributed by atoms with Crippen LogP contribution in [0.25, 0.3) is 0 Å². The first-order valence-electron chi connectivity index (χ1n) is 6.27. The maximum absolute atomic E-state index is 12.2. The summed E-state index contributed by atoms with van der Waals surface area (Å²) in [6, 6.07) is 0. The third-order valence-corrected chi connectivity index (χ3v) is 6.33. The molecule has 2 fully saturated rings. The fourth-order valence-electron chi connectivity index (χ4n) is 3.14. The molecule has 4 nitrogen and oxygen atoms in total. The molecular weight excluding hydrogens is 224 g/mol. The van der Waals surface area contributed by atoms with Gasteiger partial charge in [-0.15, -0.1) is 0 Å². The Bertz CT molecular complexity index is 351. The van der Waals surface area contributed by atoms with Gasteiger partial charge in [0.15, 0.2) is 0 Å². The summed E-state index contributed by atoms with van der Waals surface area (Å²) in [4.78, 5) is 0. The first kappa shape index (κ1) is 12.3. The van der Waals surface area contributed by atoms with Gasteiger partial charge in [0.2, 0.25) is 10.0 Å². The van der Waals surface area contributed by atoms with Crippen LogP contribution < -0.4 is 5.73 Å². The average Bonchev–Trinajstić information content (AvgIpc) is 2.49. The van der Waals surface area contributed by atoms with Crippen LogP contribution in [0, 0.1) is 5.92 Å². The smallest absolute Gasteiger partial charge is 0.214 e. The Balaban J connectivity index is 2.15. The van der Waals surface area contributed by atoms with E-state index in [2.05, 4.69) is 0 Å². The van der Waals surface area contributed by atoms with E-state index in [0.29, 0.717) is 19.0 Å². The third kappa shape index (κ3) is 1.69. The van der Waals surface area contributed by atoms with Crippen molar-refractivity contribution in [2.24, 2.45) is 11.7 Å². The largest absolute Gasteiger partial charge is 0.329 e. The minimum Gasteiger partial charge on any atom is -0.329 e. The van der Waals surface area contributed by atoms with E-state index in [4.69, 9.17) is 5.73 Å². The zero-order chi connectivity index (χ0) is 11.8. The van der Waals surface area contributed by atoms with E-state index in [9.17, 15) is 8.42 Å². The Morgan fingerprint density at radius 2 is 2.19 bits per heavy atom. The van der Waals surface area contributed by atoms with Gasteiger partial charge in [-0.3, -0.25) is 0 Å². The minimum absolute atomic E-state index is 0.202. The van der Waals surface area contributed by atoms with Crippen molar-refractivity contribution in [3.05, 3.63) is 0 Å². The summed E-state index contributed by atoms with van der Waals surface area (Å²) in [6.45, 7) is 3.20. The molecule has 2 unspecified atom stereocenters. The molecule has 1 saturated carbocycles. The molecule has 5 heteroatoms. The van der Waals surface area contributed by atoms with Crippen LogP contribution in [0.15, 0.2) is 0 Å². The van der Waals surface area contributed by atoms with Crippen molar-refractivity contribution in [3.63, 3.8) is 0 Å². The molecule has 16 heavy (non-hydrogen) atoms. The maximum atomic E-state index is 12.2. The molecule has 0 radical (unpaired) electrons. The van der Waals surface area contributed by atoms with Crippen molar-refractivity contribution in [2.75, 3.05) is 18.8 Å². The van der Waals surface area contributed by atoms with Crippen LogP contribution in [0.4, 0.5) is 0 Å². The molecule has 0 aromatic rings. The van der Waals surface area contributed by atoms with Crippen molar-refractivity contribution in [1.29, 1.82) is 0 Å². The van der Waals surface area contributed by atoms with Crippen LogP contribution in [0.3, 0.4) is 0 Å². The summed E-state index contributed by atoms with van der Waals surface area (Å²) in [6.07, 6.45) is 4.79. The molecule has 1 heterocycles. The lowest BCUT2D eigenvalue weighted by molar-refractivity contribution is 0.0825. The zero-order valence-corrected chi connectivity index (χ0v) is 10.8. The van der Waals surface area contributed by atoms with Crippen LogP contribution in [-0.4, -0.2) is 37.1 Å². The van der Waals surface area contributed by atoms with Gasteiger partial charge in [0.25, 0.3) is 0 Å². The second-order valence-corrected chi connectivity index (χ2v) is 7.09. The van der Waals surface area contributed by atoms with Gasteiger partial charge in [0.05, 0.1) is 11.3 Å². The van der Waals surface area contributed by atoms with Crippen molar-refractivity contribution in [2.45, 2.75) is 44.6 Å². The first-order chi connectivity index (χ1) is 7.57. The molecule has 1 aliphatic heterocycles. The van der Waals surface area contributed by atoms with Gasteiger partial charge in [0, 0.05) is 13.1 Å². The van der Waals surface area contributed by atoms with Crippen molar-refractivity contribution >= 4 is 10.0 Å². The van der Waals surface area contributed by atoms with Gasteiger partial charge in [-0.2, -0.15) is 4.31 Å². The molecule has 2 aliphatic rings. The lowest BCUT2D eigenvalue weighted by atomic mass is 9.68. The van der Waals surface area contributed by atoms with Gasteiger partial charge in [0.1, 0.15) is 0 Å². The molecule has 0 aromatic heterocycles. The fourth-order valence-corrected chi connectivity index (χ4v) is 5.27. The lowest BCUT2D eigenvalue weighted by Gasteiger charge is -2.48. The maximum Gasteiger partial charge on any atom is 0.214 e. The highest BCUT2D eigenvalue weighted by atomic mass is 32.2. The van der Waals surface area contributed by atoms with E-state index in [1.807, 2.05) is 6.92 Å². The number of fused-ring (bicyclic) bond motifs is 1. The van der Waals surface area contributed by atoms with E-state index in [1.54, 1.807) is 4.31 Å². The second-order valence-electron chi connectivity index (χ2n) is 5.07. The van der Waals surface area contributed by atoms with Crippen LogP contribution in [0.5, 0.6) is 0 Å². The highest BCUT2D eigenvalue weighted by molar-refractivity contribution is 7.89. The number of nitrogens with two attached hydrogens (primary N) is 1. The van der Waals surface area contributed by atoms with Crippen LogP contribution in [0.2, 0.25) is 0 Å². The summed E-state index contributed by atoms with van der Waals surface area (Å²) in [5.74, 6) is 0.812. The summed E-state index contributed by atoms with van der Waals surface area (Å²) in [7, 11) is -3.07. The topological polar surface area (TPSA) is 63.4 Å². The summed E-state index contributed by atoms with van der Waals surface area (Å²) >= 11 is 0. The molecule has 1 aliphatic carbocycles. The Labute approximate surface area is 98.2 Å². The van der Waals surface area contributed by atoms with E-state index in [1.165, 1.54) is 0 Å². The molecule has 0 spiro atoms. The fraction of sp³-hybridized carbons (Fsp3) is 1.00. The van der Waals surface area contributed by atoms with E-state index in [0.717, 1.165) is 32.1 Å². The molecule has 2 rings (SSSR count). The molecule has 2 atom stereocenters. The Kier molecular flexibility index (Phi) is 3.29. The zero-order valence-electron chi connectivity index (χ0n) is 9.98. The predicted octanol–water partition coefficient (Wildman–Crippen LogP) is 0.929. The van der Waals surface area contributed by atoms with Crippen LogP contribution in [-0.2, 0) is 10.0 Å². The summed E-state index contributed by atoms with van der Waals surface area (Å²) in [5, 5.41) is 0. The Morgan fingerprint density at radius 1 is 1.44 bits per heavy atom. The first-order valence-corrected chi connectivity index (χ1v) is 7.88. The summed E-state index contributed by atoms with van der Waals surface area (Å²) in [5.41, 5.74) is 5.62. The molecule has 0 amide bonds. The molecule has 0 aromatic carbocycles. The highest BCUT2D eigenvalue weighted by Crippen LogP contribution is 2.50. The van der Waals surface area contributed by atoms with Gasteiger partial charge < -0.3 is 5.73 Å². The van der Waals surface area contributed by atoms with E-state index in [-0.39, 0.29) is 11.3 Å². The number of rotatable bonds is 5. The van der Waals surface area contributed by atoms with Crippen molar-refractivity contribution < 1.29 is 8.42 Å². The lowest BCUT2D eigenvalue weighted by Crippen LogP contribution is -2.60. The third-order valence-electron chi connectivity index (χ3n) is 4.31. The van der Waals surface area contributed by atoms with Crippen molar-refractivity contribution in [3.8, 4) is 0 Å². The number of hydrogen-bond donors (Lipinski definition) is 1. The van der Waals surface area contributed by atoms with Crippen molar-refractivity contribution in [1.82, 2.24) is 4.31 Å². The molecular formula is C11H22N2O2S. The number of sulfonamides is 1. The molecule has 2 N–H and O–H groups in total. The quantitative estimate of drug-likeness (QED) is 0.785. The van der Waals surface area contributed by atoms with E-state index < -0.39 is 10.0 Å². The molecule has 94 valence electrons. The average molecular weight is 246 g/mol. The van der Waals surface area contributed by atoms with Gasteiger partial charge in [-0.05, 0) is 31.6 Å². The van der Waals surface area contributed by atoms with E-state index >= 15 is 0 Å². The minimum atomic E-state index is -3.07. The van der Waals surface area contributed by atoms with Gasteiger partial charge in [-0.1, -0.05) is 13.3 Å². The number of hydrogen-bond acceptors (Lipinski definition) is 3. The van der Waals surface area contributed by atoms with Gasteiger partial charge in [-0.25, -0.2) is 8.42 Å². The molecule has 1 saturated heterocycles. The van der Waals surface area contributed by atoms with Crippen LogP contribution in [0.1, 0.15) is 39.0 Å². The Hall–Kier alpha value is -0.130. The number of unbranched alkanes of at least 4 members (excludes halogenated alkanes) is 1. The monoisotopic (exact) mass is 246 g/mol. The Morgan fingerprint density at radius 3 is 2.69 bits per heavy atom. The normalized spacial score (nSPS) is 34.8. The predicted molar refractivity (Wildman–Crippen MR) is 64.5 cm³/mol. The molecule has 0 bridgehead atoms. The SMILES string of the molecule is CCCCS(=O)(=O)N1CCC2CCC21CN. The van der Waals surface area contributed by atoms with Crippen LogP contribution >= 0.6 is 0 Å². The highest BCUT2D eigenvalue weighted by Gasteiger charge is 2.57. The van der Waals surface area contributed by atoms with Gasteiger partial charge >= 0.3 is 0 Å².